The van der Waals surface area contributed by atoms with Crippen molar-refractivity contribution in [2.24, 2.45) is 0 Å². The first-order chi connectivity index (χ1) is 15.6. The summed E-state index contributed by atoms with van der Waals surface area (Å²) in [5, 5.41) is 2.84. The number of benzene rings is 2. The van der Waals surface area contributed by atoms with Gasteiger partial charge in [0.2, 0.25) is 10.0 Å². The Balaban J connectivity index is 1.37. The van der Waals surface area contributed by atoms with E-state index in [2.05, 4.69) is 20.7 Å². The highest BCUT2D eigenvalue weighted by Gasteiger charge is 2.32. The molecule has 12 heteroatoms. The number of alkyl halides is 3. The van der Waals surface area contributed by atoms with Crippen LogP contribution in [0.15, 0.2) is 63.3 Å². The average Bonchev–Trinajstić information content (AvgIpc) is 3.21. The van der Waals surface area contributed by atoms with Gasteiger partial charge < -0.3 is 9.64 Å². The smallest absolute Gasteiger partial charge is 0.406 e. The number of nitrogens with zero attached hydrogens (tertiary/aromatic N) is 3. The Morgan fingerprint density at radius 2 is 1.76 bits per heavy atom. The molecule has 3 aromatic rings. The van der Waals surface area contributed by atoms with E-state index in [-0.39, 0.29) is 18.0 Å². The van der Waals surface area contributed by atoms with Crippen molar-refractivity contribution in [1.82, 2.24) is 9.29 Å². The van der Waals surface area contributed by atoms with Crippen LogP contribution >= 0.6 is 27.3 Å². The van der Waals surface area contributed by atoms with E-state index in [1.54, 1.807) is 0 Å². The number of piperazine rings is 1. The zero-order valence-corrected chi connectivity index (χ0v) is 20.3. The summed E-state index contributed by atoms with van der Waals surface area (Å²) in [6.45, 7) is 1.45. The SMILES string of the molecule is O=S(=O)(c1ccc(OC(F)(F)F)cc1)N1CCN(c2nc(Cc3cccc(Br)c3)cs2)CC1. The van der Waals surface area contributed by atoms with Crippen LogP contribution in [0.25, 0.3) is 0 Å². The van der Waals surface area contributed by atoms with E-state index in [9.17, 15) is 21.6 Å². The topological polar surface area (TPSA) is 62.7 Å². The van der Waals surface area contributed by atoms with Gasteiger partial charge in [-0.1, -0.05) is 28.1 Å². The third-order valence-corrected chi connectivity index (χ3v) is 8.37. The molecule has 0 unspecified atom stereocenters. The number of halogens is 4. The van der Waals surface area contributed by atoms with Gasteiger partial charge in [-0.2, -0.15) is 4.31 Å². The molecule has 4 rings (SSSR count). The summed E-state index contributed by atoms with van der Waals surface area (Å²) < 4.78 is 68.9. The zero-order valence-electron chi connectivity index (χ0n) is 17.1. The van der Waals surface area contributed by atoms with E-state index < -0.39 is 22.1 Å². The van der Waals surface area contributed by atoms with Crippen molar-refractivity contribution < 1.29 is 26.3 Å². The molecule has 1 aromatic heterocycles. The van der Waals surface area contributed by atoms with Crippen molar-refractivity contribution in [2.75, 3.05) is 31.1 Å². The molecule has 33 heavy (non-hydrogen) atoms. The Bertz CT molecular complexity index is 1210. The number of anilines is 1. The molecule has 1 aliphatic rings. The van der Waals surface area contributed by atoms with E-state index in [0.717, 1.165) is 45.1 Å². The number of sulfonamides is 1. The monoisotopic (exact) mass is 561 g/mol. The molecule has 6 nitrogen and oxygen atoms in total. The summed E-state index contributed by atoms with van der Waals surface area (Å²) in [4.78, 5) is 6.67. The molecular weight excluding hydrogens is 543 g/mol. The van der Waals surface area contributed by atoms with Crippen LogP contribution in [0.3, 0.4) is 0 Å². The summed E-state index contributed by atoms with van der Waals surface area (Å²) in [6, 6.07) is 12.3. The minimum absolute atomic E-state index is 0.0731. The molecule has 0 amide bonds. The van der Waals surface area contributed by atoms with Gasteiger partial charge in [0, 0.05) is 42.5 Å². The molecule has 0 atom stereocenters. The lowest BCUT2D eigenvalue weighted by molar-refractivity contribution is -0.274. The molecule has 0 bridgehead atoms. The second-order valence-electron chi connectivity index (χ2n) is 7.34. The lowest BCUT2D eigenvalue weighted by atomic mass is 10.1. The molecule has 1 saturated heterocycles. The van der Waals surface area contributed by atoms with Crippen LogP contribution in [0, 0.1) is 0 Å². The first-order valence-electron chi connectivity index (χ1n) is 9.90. The Labute approximate surface area is 201 Å². The number of ether oxygens (including phenoxy) is 1. The molecule has 2 heterocycles. The largest absolute Gasteiger partial charge is 0.573 e. The fourth-order valence-electron chi connectivity index (χ4n) is 3.46. The lowest BCUT2D eigenvalue weighted by Gasteiger charge is -2.33. The highest BCUT2D eigenvalue weighted by Crippen LogP contribution is 2.28. The van der Waals surface area contributed by atoms with Crippen molar-refractivity contribution in [3.63, 3.8) is 0 Å². The second kappa shape index (κ2) is 9.61. The fraction of sp³-hybridized carbons (Fsp3) is 0.286. The van der Waals surface area contributed by atoms with Crippen molar-refractivity contribution in [3.05, 3.63) is 69.6 Å². The summed E-state index contributed by atoms with van der Waals surface area (Å²) in [7, 11) is -3.82. The van der Waals surface area contributed by atoms with Crippen LogP contribution in [0.2, 0.25) is 0 Å². The summed E-state index contributed by atoms with van der Waals surface area (Å²) in [5.74, 6) is -0.464. The van der Waals surface area contributed by atoms with Gasteiger partial charge in [-0.25, -0.2) is 13.4 Å². The molecular formula is C21H19BrF3N3O3S2. The van der Waals surface area contributed by atoms with E-state index in [1.807, 2.05) is 34.5 Å². The quantitative estimate of drug-likeness (QED) is 0.428. The first-order valence-corrected chi connectivity index (χ1v) is 13.0. The minimum Gasteiger partial charge on any atom is -0.406 e. The van der Waals surface area contributed by atoms with Crippen LogP contribution in [0.1, 0.15) is 11.3 Å². The van der Waals surface area contributed by atoms with Gasteiger partial charge in [0.05, 0.1) is 10.6 Å². The summed E-state index contributed by atoms with van der Waals surface area (Å²) in [5.41, 5.74) is 2.09. The van der Waals surface area contributed by atoms with E-state index in [0.29, 0.717) is 19.5 Å². The van der Waals surface area contributed by atoms with Gasteiger partial charge >= 0.3 is 6.36 Å². The number of hydrogen-bond acceptors (Lipinski definition) is 6. The molecule has 0 spiro atoms. The zero-order chi connectivity index (χ0) is 23.6. The van der Waals surface area contributed by atoms with Crippen LogP contribution in [-0.4, -0.2) is 50.2 Å². The van der Waals surface area contributed by atoms with Gasteiger partial charge in [0.15, 0.2) is 5.13 Å². The molecule has 0 aliphatic carbocycles. The average molecular weight is 562 g/mol. The third-order valence-electron chi connectivity index (χ3n) is 5.02. The van der Waals surface area contributed by atoms with Crippen LogP contribution in [0.5, 0.6) is 5.75 Å². The van der Waals surface area contributed by atoms with E-state index in [4.69, 9.17) is 4.98 Å². The van der Waals surface area contributed by atoms with E-state index >= 15 is 0 Å². The summed E-state index contributed by atoms with van der Waals surface area (Å²) in [6.07, 6.45) is -4.12. The molecule has 1 fully saturated rings. The molecule has 0 radical (unpaired) electrons. The number of aromatic nitrogens is 1. The second-order valence-corrected chi connectivity index (χ2v) is 11.0. The lowest BCUT2D eigenvalue weighted by Crippen LogP contribution is -2.48. The molecule has 0 saturated carbocycles. The van der Waals surface area contributed by atoms with Gasteiger partial charge in [0.25, 0.3) is 0 Å². The van der Waals surface area contributed by atoms with Gasteiger partial charge in [0.1, 0.15) is 5.75 Å². The Morgan fingerprint density at radius 1 is 1.06 bits per heavy atom. The number of hydrogen-bond donors (Lipinski definition) is 0. The van der Waals surface area contributed by atoms with Gasteiger partial charge in [-0.15, -0.1) is 24.5 Å². The van der Waals surface area contributed by atoms with Gasteiger partial charge in [-0.05, 0) is 42.0 Å². The Hall–Kier alpha value is -2.15. The molecule has 2 aromatic carbocycles. The molecule has 0 N–H and O–H groups in total. The Kier molecular flexibility index (Phi) is 6.99. The maximum Gasteiger partial charge on any atom is 0.573 e. The fourth-order valence-corrected chi connectivity index (χ4v) is 6.21. The standard InChI is InChI=1S/C21H19BrF3N3O3S2/c22-16-3-1-2-15(12-16)13-17-14-32-20(26-17)27-8-10-28(11-9-27)33(29,30)19-6-4-18(5-7-19)31-21(23,24)25/h1-7,12,14H,8-11,13H2. The highest BCUT2D eigenvalue weighted by molar-refractivity contribution is 9.10. The normalized spacial score (nSPS) is 15.6. The maximum atomic E-state index is 12.9. The highest BCUT2D eigenvalue weighted by atomic mass is 79.9. The predicted octanol–water partition coefficient (Wildman–Crippen LogP) is 4.91. The molecule has 176 valence electrons. The van der Waals surface area contributed by atoms with Crippen LogP contribution < -0.4 is 9.64 Å². The van der Waals surface area contributed by atoms with Crippen LogP contribution in [-0.2, 0) is 16.4 Å². The van der Waals surface area contributed by atoms with Crippen molar-refractivity contribution in [1.29, 1.82) is 0 Å². The maximum absolute atomic E-state index is 12.9. The van der Waals surface area contributed by atoms with E-state index in [1.165, 1.54) is 15.6 Å². The van der Waals surface area contributed by atoms with Gasteiger partial charge in [-0.3, -0.25) is 0 Å². The summed E-state index contributed by atoms with van der Waals surface area (Å²) >= 11 is 4.99. The predicted molar refractivity (Wildman–Crippen MR) is 123 cm³/mol. The van der Waals surface area contributed by atoms with Crippen molar-refractivity contribution in [2.45, 2.75) is 17.7 Å². The minimum atomic E-state index is -4.83. The third kappa shape index (κ3) is 6.05. The number of rotatable bonds is 6. The Morgan fingerprint density at radius 3 is 2.39 bits per heavy atom. The van der Waals surface area contributed by atoms with Crippen molar-refractivity contribution in [3.8, 4) is 5.75 Å². The van der Waals surface area contributed by atoms with Crippen molar-refractivity contribution >= 4 is 42.4 Å². The number of thiazole rings is 1. The first kappa shape index (κ1) is 24.0. The van der Waals surface area contributed by atoms with Crippen LogP contribution in [0.4, 0.5) is 18.3 Å². The molecule has 1 aliphatic heterocycles.